The minimum absolute atomic E-state index is 0.120. The second-order valence-corrected chi connectivity index (χ2v) is 6.20. The highest BCUT2D eigenvalue weighted by Gasteiger charge is 2.30. The zero-order valence-electron chi connectivity index (χ0n) is 12.4. The van der Waals surface area contributed by atoms with Crippen LogP contribution in [0.4, 0.5) is 5.69 Å². The smallest absolute Gasteiger partial charge is 0.306 e. The molecule has 1 aromatic carbocycles. The van der Waals surface area contributed by atoms with Gasteiger partial charge in [-0.2, -0.15) is 0 Å². The Morgan fingerprint density at radius 3 is 2.14 bits per heavy atom. The van der Waals surface area contributed by atoms with E-state index in [1.165, 1.54) is 18.5 Å². The lowest BCUT2D eigenvalue weighted by Crippen LogP contribution is -2.48. The van der Waals surface area contributed by atoms with Crippen molar-refractivity contribution in [3.05, 3.63) is 30.3 Å². The molecule has 0 aliphatic carbocycles. The number of likely N-dealkylation sites (tertiary alicyclic amines) is 1. The van der Waals surface area contributed by atoms with Crippen LogP contribution in [-0.2, 0) is 4.79 Å². The molecule has 1 aromatic rings. The Kier molecular flexibility index (Phi) is 4.44. The molecule has 3 rings (SSSR count). The van der Waals surface area contributed by atoms with Crippen LogP contribution in [0.15, 0.2) is 30.3 Å². The fourth-order valence-corrected chi connectivity index (χ4v) is 3.64. The summed E-state index contributed by atoms with van der Waals surface area (Å²) < 4.78 is 0. The van der Waals surface area contributed by atoms with Crippen LogP contribution in [0.25, 0.3) is 0 Å². The second kappa shape index (κ2) is 6.48. The van der Waals surface area contributed by atoms with E-state index in [-0.39, 0.29) is 5.92 Å². The van der Waals surface area contributed by atoms with E-state index in [0.717, 1.165) is 39.0 Å². The Morgan fingerprint density at radius 1 is 0.952 bits per heavy atom. The number of hydrogen-bond acceptors (Lipinski definition) is 3. The third-order valence-corrected chi connectivity index (χ3v) is 4.98. The van der Waals surface area contributed by atoms with Crippen molar-refractivity contribution in [1.82, 2.24) is 4.90 Å². The number of carbonyl (C=O) groups is 1. The summed E-state index contributed by atoms with van der Waals surface area (Å²) in [7, 11) is 0. The van der Waals surface area contributed by atoms with Gasteiger partial charge in [-0.25, -0.2) is 0 Å². The third kappa shape index (κ3) is 3.38. The molecule has 0 aromatic heterocycles. The molecule has 0 unspecified atom stereocenters. The predicted octanol–water partition coefficient (Wildman–Crippen LogP) is 2.45. The minimum Gasteiger partial charge on any atom is -0.481 e. The van der Waals surface area contributed by atoms with Crippen molar-refractivity contribution in [2.24, 2.45) is 5.92 Å². The monoisotopic (exact) mass is 288 g/mol. The first-order valence-electron chi connectivity index (χ1n) is 8.01. The number of nitrogens with zero attached hydrogens (tertiary/aromatic N) is 2. The van der Waals surface area contributed by atoms with Crippen molar-refractivity contribution in [1.29, 1.82) is 0 Å². The second-order valence-electron chi connectivity index (χ2n) is 6.20. The number of carboxylic acids is 1. The minimum atomic E-state index is -0.617. The molecule has 0 radical (unpaired) electrons. The third-order valence-electron chi connectivity index (χ3n) is 4.98. The van der Waals surface area contributed by atoms with Crippen LogP contribution >= 0.6 is 0 Å². The molecule has 114 valence electrons. The van der Waals surface area contributed by atoms with Gasteiger partial charge in [0.2, 0.25) is 0 Å². The van der Waals surface area contributed by atoms with Gasteiger partial charge >= 0.3 is 5.97 Å². The summed E-state index contributed by atoms with van der Waals surface area (Å²) in [6.07, 6.45) is 4.00. The SMILES string of the molecule is O=C(O)C1CCN(C2CCN(c3ccccc3)CC2)CC1. The van der Waals surface area contributed by atoms with E-state index in [9.17, 15) is 4.79 Å². The number of para-hydroxylation sites is 1. The van der Waals surface area contributed by atoms with E-state index >= 15 is 0 Å². The topological polar surface area (TPSA) is 43.8 Å². The van der Waals surface area contributed by atoms with Crippen LogP contribution in [0.3, 0.4) is 0 Å². The summed E-state index contributed by atoms with van der Waals surface area (Å²) in [4.78, 5) is 16.0. The van der Waals surface area contributed by atoms with Gasteiger partial charge in [0.15, 0.2) is 0 Å². The first-order valence-corrected chi connectivity index (χ1v) is 8.01. The summed E-state index contributed by atoms with van der Waals surface area (Å²) in [5, 5.41) is 9.07. The highest BCUT2D eigenvalue weighted by Crippen LogP contribution is 2.26. The van der Waals surface area contributed by atoms with Crippen LogP contribution in [-0.4, -0.2) is 48.2 Å². The van der Waals surface area contributed by atoms with E-state index in [2.05, 4.69) is 40.1 Å². The van der Waals surface area contributed by atoms with Gasteiger partial charge in [0.05, 0.1) is 5.92 Å². The molecule has 2 aliphatic heterocycles. The molecular formula is C17H24N2O2. The van der Waals surface area contributed by atoms with Crippen molar-refractivity contribution < 1.29 is 9.90 Å². The quantitative estimate of drug-likeness (QED) is 0.928. The molecule has 4 heteroatoms. The molecule has 0 bridgehead atoms. The van der Waals surface area contributed by atoms with Crippen LogP contribution in [0.5, 0.6) is 0 Å². The number of rotatable bonds is 3. The summed E-state index contributed by atoms with van der Waals surface area (Å²) in [5.74, 6) is -0.737. The summed E-state index contributed by atoms with van der Waals surface area (Å²) in [6, 6.07) is 11.2. The summed E-state index contributed by atoms with van der Waals surface area (Å²) >= 11 is 0. The molecule has 2 saturated heterocycles. The van der Waals surface area contributed by atoms with Gasteiger partial charge in [-0.1, -0.05) is 18.2 Å². The van der Waals surface area contributed by atoms with Crippen molar-refractivity contribution in [3.63, 3.8) is 0 Å². The van der Waals surface area contributed by atoms with Gasteiger partial charge < -0.3 is 14.9 Å². The van der Waals surface area contributed by atoms with E-state index in [0.29, 0.717) is 6.04 Å². The number of anilines is 1. The highest BCUT2D eigenvalue weighted by molar-refractivity contribution is 5.70. The lowest BCUT2D eigenvalue weighted by atomic mass is 9.93. The maximum atomic E-state index is 11.0. The molecule has 0 atom stereocenters. The lowest BCUT2D eigenvalue weighted by molar-refractivity contribution is -0.143. The lowest BCUT2D eigenvalue weighted by Gasteiger charge is -2.41. The molecule has 0 saturated carbocycles. The van der Waals surface area contributed by atoms with Crippen LogP contribution in [0.2, 0.25) is 0 Å². The van der Waals surface area contributed by atoms with Crippen molar-refractivity contribution in [2.45, 2.75) is 31.7 Å². The van der Waals surface area contributed by atoms with Gasteiger partial charge in [0.1, 0.15) is 0 Å². The van der Waals surface area contributed by atoms with E-state index in [4.69, 9.17) is 5.11 Å². The largest absolute Gasteiger partial charge is 0.481 e. The summed E-state index contributed by atoms with van der Waals surface area (Å²) in [5.41, 5.74) is 1.32. The van der Waals surface area contributed by atoms with Crippen molar-refractivity contribution >= 4 is 11.7 Å². The Balaban J connectivity index is 1.49. The molecule has 2 aliphatic rings. The number of piperidine rings is 2. The number of aliphatic carboxylic acids is 1. The molecular weight excluding hydrogens is 264 g/mol. The standard InChI is InChI=1S/C17H24N2O2/c20-17(21)14-6-10-18(11-7-14)16-8-12-19(13-9-16)15-4-2-1-3-5-15/h1-5,14,16H,6-13H2,(H,20,21). The molecule has 4 nitrogen and oxygen atoms in total. The molecule has 21 heavy (non-hydrogen) atoms. The number of benzene rings is 1. The number of carboxylic acid groups (broad SMARTS) is 1. The van der Waals surface area contributed by atoms with Crippen LogP contribution in [0.1, 0.15) is 25.7 Å². The molecule has 2 heterocycles. The molecule has 0 spiro atoms. The van der Waals surface area contributed by atoms with E-state index in [1.807, 2.05) is 0 Å². The van der Waals surface area contributed by atoms with Gasteiger partial charge in [0, 0.05) is 24.8 Å². The van der Waals surface area contributed by atoms with Gasteiger partial charge in [0.25, 0.3) is 0 Å². The van der Waals surface area contributed by atoms with Crippen molar-refractivity contribution in [3.8, 4) is 0 Å². The van der Waals surface area contributed by atoms with Crippen LogP contribution in [0, 0.1) is 5.92 Å². The predicted molar refractivity (Wildman–Crippen MR) is 83.6 cm³/mol. The first kappa shape index (κ1) is 14.4. The van der Waals surface area contributed by atoms with Crippen LogP contribution < -0.4 is 4.90 Å². The van der Waals surface area contributed by atoms with E-state index < -0.39 is 5.97 Å². The normalized spacial score (nSPS) is 22.4. The fourth-order valence-electron chi connectivity index (χ4n) is 3.64. The van der Waals surface area contributed by atoms with E-state index in [1.54, 1.807) is 0 Å². The summed E-state index contributed by atoms with van der Waals surface area (Å²) in [6.45, 7) is 4.11. The Labute approximate surface area is 126 Å². The van der Waals surface area contributed by atoms with Gasteiger partial charge in [-0.15, -0.1) is 0 Å². The highest BCUT2D eigenvalue weighted by atomic mass is 16.4. The van der Waals surface area contributed by atoms with Crippen molar-refractivity contribution in [2.75, 3.05) is 31.1 Å². The fraction of sp³-hybridized carbons (Fsp3) is 0.588. The maximum absolute atomic E-state index is 11.0. The maximum Gasteiger partial charge on any atom is 0.306 e. The molecule has 2 fully saturated rings. The Hall–Kier alpha value is -1.55. The Morgan fingerprint density at radius 2 is 1.57 bits per heavy atom. The number of hydrogen-bond donors (Lipinski definition) is 1. The molecule has 0 amide bonds. The van der Waals surface area contributed by atoms with Gasteiger partial charge in [-0.05, 0) is 50.9 Å². The molecule has 1 N–H and O–H groups in total. The zero-order chi connectivity index (χ0) is 14.7. The first-order chi connectivity index (χ1) is 10.2. The average molecular weight is 288 g/mol. The Bertz CT molecular complexity index is 461. The average Bonchev–Trinajstić information content (AvgIpc) is 2.56. The van der Waals surface area contributed by atoms with Gasteiger partial charge in [-0.3, -0.25) is 4.79 Å². The zero-order valence-corrected chi connectivity index (χ0v) is 12.4.